The highest BCUT2D eigenvalue weighted by Gasteiger charge is 2.18. The summed E-state index contributed by atoms with van der Waals surface area (Å²) in [5.74, 6) is 1.03. The molecule has 21 heavy (non-hydrogen) atoms. The van der Waals surface area contributed by atoms with E-state index in [2.05, 4.69) is 47.4 Å². The second-order valence-corrected chi connectivity index (χ2v) is 5.33. The number of benzene rings is 1. The Morgan fingerprint density at radius 2 is 2.14 bits per heavy atom. The summed E-state index contributed by atoms with van der Waals surface area (Å²) in [5.41, 5.74) is 3.92. The van der Waals surface area contributed by atoms with E-state index < -0.39 is 0 Å². The molecule has 1 aromatic heterocycles. The van der Waals surface area contributed by atoms with Crippen LogP contribution in [0.3, 0.4) is 0 Å². The first-order valence-electron chi connectivity index (χ1n) is 7.61. The van der Waals surface area contributed by atoms with Crippen LogP contribution in [-0.4, -0.2) is 21.3 Å². The highest BCUT2D eigenvalue weighted by atomic mass is 16.5. The number of ether oxygens (including phenoxy) is 1. The lowest BCUT2D eigenvalue weighted by Crippen LogP contribution is -2.24. The number of nitrogens with zero attached hydrogens (tertiary/aromatic N) is 3. The predicted molar refractivity (Wildman–Crippen MR) is 80.8 cm³/mol. The van der Waals surface area contributed by atoms with Crippen LogP contribution in [0.4, 0.5) is 0 Å². The van der Waals surface area contributed by atoms with Crippen molar-refractivity contribution in [2.24, 2.45) is 0 Å². The number of hydrogen-bond donors (Lipinski definition) is 1. The standard InChI is InChI=1S/C16H22N4O/c1-3-17-15(8-16-18-11-19-20(16)4-2)12-5-6-13-9-21-10-14(13)7-12/h5-7,11,15,17H,3-4,8-10H2,1-2H3. The average molecular weight is 286 g/mol. The summed E-state index contributed by atoms with van der Waals surface area (Å²) in [5, 5.41) is 7.81. The zero-order valence-corrected chi connectivity index (χ0v) is 12.7. The Hall–Kier alpha value is -1.72. The summed E-state index contributed by atoms with van der Waals surface area (Å²) >= 11 is 0. The van der Waals surface area contributed by atoms with Crippen LogP contribution in [0.5, 0.6) is 0 Å². The van der Waals surface area contributed by atoms with E-state index in [-0.39, 0.29) is 6.04 Å². The number of rotatable bonds is 6. The first-order chi connectivity index (χ1) is 10.3. The van der Waals surface area contributed by atoms with Crippen LogP contribution >= 0.6 is 0 Å². The van der Waals surface area contributed by atoms with Crippen molar-refractivity contribution in [3.8, 4) is 0 Å². The van der Waals surface area contributed by atoms with Gasteiger partial charge in [-0.1, -0.05) is 25.1 Å². The summed E-state index contributed by atoms with van der Waals surface area (Å²) in [6.07, 6.45) is 2.49. The quantitative estimate of drug-likeness (QED) is 0.884. The second kappa shape index (κ2) is 6.37. The molecule has 1 atom stereocenters. The molecule has 1 aliphatic rings. The number of aryl methyl sites for hydroxylation is 1. The lowest BCUT2D eigenvalue weighted by atomic mass is 9.98. The molecular formula is C16H22N4O. The van der Waals surface area contributed by atoms with Gasteiger partial charge in [0.2, 0.25) is 0 Å². The molecule has 2 heterocycles. The molecule has 0 spiro atoms. The van der Waals surface area contributed by atoms with Crippen LogP contribution in [0.2, 0.25) is 0 Å². The van der Waals surface area contributed by atoms with Crippen molar-refractivity contribution in [3.05, 3.63) is 47.0 Å². The predicted octanol–water partition coefficient (Wildman–Crippen LogP) is 2.22. The van der Waals surface area contributed by atoms with Crippen molar-refractivity contribution in [1.29, 1.82) is 0 Å². The van der Waals surface area contributed by atoms with Gasteiger partial charge in [0.1, 0.15) is 12.2 Å². The normalized spacial score (nSPS) is 15.1. The Kier molecular flexibility index (Phi) is 4.31. The Bertz CT molecular complexity index is 608. The molecule has 112 valence electrons. The molecule has 5 nitrogen and oxygen atoms in total. The maximum absolute atomic E-state index is 5.51. The van der Waals surface area contributed by atoms with Crippen LogP contribution in [0.1, 0.15) is 42.4 Å². The molecule has 0 saturated heterocycles. The number of likely N-dealkylation sites (N-methyl/N-ethyl adjacent to an activating group) is 1. The summed E-state index contributed by atoms with van der Waals surface area (Å²) in [6, 6.07) is 6.91. The van der Waals surface area contributed by atoms with Crippen molar-refractivity contribution in [1.82, 2.24) is 20.1 Å². The zero-order valence-electron chi connectivity index (χ0n) is 12.7. The molecule has 0 bridgehead atoms. The maximum atomic E-state index is 5.51. The van der Waals surface area contributed by atoms with E-state index in [1.165, 1.54) is 16.7 Å². The molecule has 0 saturated carbocycles. The van der Waals surface area contributed by atoms with Crippen molar-refractivity contribution < 1.29 is 4.74 Å². The fourth-order valence-electron chi connectivity index (χ4n) is 2.86. The molecule has 3 rings (SSSR count). The van der Waals surface area contributed by atoms with E-state index in [1.54, 1.807) is 6.33 Å². The van der Waals surface area contributed by atoms with Crippen molar-refractivity contribution in [3.63, 3.8) is 0 Å². The summed E-state index contributed by atoms with van der Waals surface area (Å²) in [4.78, 5) is 4.39. The summed E-state index contributed by atoms with van der Waals surface area (Å²) < 4.78 is 7.46. The Morgan fingerprint density at radius 3 is 2.95 bits per heavy atom. The number of nitrogens with one attached hydrogen (secondary N) is 1. The molecule has 0 fully saturated rings. The van der Waals surface area contributed by atoms with Gasteiger partial charge in [-0.3, -0.25) is 4.68 Å². The lowest BCUT2D eigenvalue weighted by molar-refractivity contribution is 0.134. The third-order valence-corrected chi connectivity index (χ3v) is 3.98. The van der Waals surface area contributed by atoms with E-state index >= 15 is 0 Å². The van der Waals surface area contributed by atoms with Crippen LogP contribution in [0.15, 0.2) is 24.5 Å². The molecular weight excluding hydrogens is 264 g/mol. The van der Waals surface area contributed by atoms with E-state index in [0.717, 1.165) is 38.5 Å². The Labute approximate surface area is 125 Å². The SMILES string of the molecule is CCNC(Cc1ncnn1CC)c1ccc2c(c1)COC2. The fourth-order valence-corrected chi connectivity index (χ4v) is 2.86. The van der Waals surface area contributed by atoms with Crippen molar-refractivity contribution in [2.75, 3.05) is 6.54 Å². The zero-order chi connectivity index (χ0) is 14.7. The topological polar surface area (TPSA) is 52.0 Å². The highest BCUT2D eigenvalue weighted by molar-refractivity contribution is 5.35. The lowest BCUT2D eigenvalue weighted by Gasteiger charge is -2.19. The van der Waals surface area contributed by atoms with Gasteiger partial charge < -0.3 is 10.1 Å². The van der Waals surface area contributed by atoms with Gasteiger partial charge in [0.05, 0.1) is 13.2 Å². The van der Waals surface area contributed by atoms with Gasteiger partial charge in [0.15, 0.2) is 0 Å². The molecule has 1 aliphatic heterocycles. The fraction of sp³-hybridized carbons (Fsp3) is 0.500. The van der Waals surface area contributed by atoms with Gasteiger partial charge in [-0.25, -0.2) is 4.98 Å². The minimum atomic E-state index is 0.260. The number of fused-ring (bicyclic) bond motifs is 1. The van der Waals surface area contributed by atoms with Gasteiger partial charge in [0, 0.05) is 19.0 Å². The third-order valence-electron chi connectivity index (χ3n) is 3.98. The highest BCUT2D eigenvalue weighted by Crippen LogP contribution is 2.25. The second-order valence-electron chi connectivity index (χ2n) is 5.33. The van der Waals surface area contributed by atoms with Crippen LogP contribution in [0, 0.1) is 0 Å². The van der Waals surface area contributed by atoms with Gasteiger partial charge in [0.25, 0.3) is 0 Å². The van der Waals surface area contributed by atoms with Crippen LogP contribution in [0.25, 0.3) is 0 Å². The van der Waals surface area contributed by atoms with Gasteiger partial charge in [-0.2, -0.15) is 5.10 Å². The summed E-state index contributed by atoms with van der Waals surface area (Å²) in [6.45, 7) is 7.48. The molecule has 1 N–H and O–H groups in total. The molecule has 5 heteroatoms. The Balaban J connectivity index is 1.84. The minimum Gasteiger partial charge on any atom is -0.372 e. The van der Waals surface area contributed by atoms with Crippen molar-refractivity contribution >= 4 is 0 Å². The summed E-state index contributed by atoms with van der Waals surface area (Å²) in [7, 11) is 0. The first kappa shape index (κ1) is 14.2. The van der Waals surface area contributed by atoms with E-state index in [0.29, 0.717) is 0 Å². The maximum Gasteiger partial charge on any atom is 0.138 e. The van der Waals surface area contributed by atoms with Crippen LogP contribution in [-0.2, 0) is 30.9 Å². The molecule has 1 aromatic carbocycles. The molecule has 0 aliphatic carbocycles. The van der Waals surface area contributed by atoms with E-state index in [9.17, 15) is 0 Å². The minimum absolute atomic E-state index is 0.260. The Morgan fingerprint density at radius 1 is 1.29 bits per heavy atom. The third kappa shape index (κ3) is 2.99. The van der Waals surface area contributed by atoms with Crippen molar-refractivity contribution in [2.45, 2.75) is 46.1 Å². The number of hydrogen-bond acceptors (Lipinski definition) is 4. The van der Waals surface area contributed by atoms with Crippen LogP contribution < -0.4 is 5.32 Å². The van der Waals surface area contributed by atoms with Gasteiger partial charge >= 0.3 is 0 Å². The van der Waals surface area contributed by atoms with E-state index in [4.69, 9.17) is 4.74 Å². The molecule has 1 unspecified atom stereocenters. The molecule has 0 amide bonds. The van der Waals surface area contributed by atoms with Gasteiger partial charge in [-0.05, 0) is 30.2 Å². The smallest absolute Gasteiger partial charge is 0.138 e. The average Bonchev–Trinajstić information content (AvgIpc) is 3.14. The first-order valence-corrected chi connectivity index (χ1v) is 7.61. The van der Waals surface area contributed by atoms with Gasteiger partial charge in [-0.15, -0.1) is 0 Å². The molecule has 2 aromatic rings. The van der Waals surface area contributed by atoms with E-state index in [1.807, 2.05) is 4.68 Å². The number of aromatic nitrogens is 3. The largest absolute Gasteiger partial charge is 0.372 e. The monoisotopic (exact) mass is 286 g/mol. The molecule has 0 radical (unpaired) electrons.